The number of nitrogens with one attached hydrogen (secondary N) is 3. The second-order valence-electron chi connectivity index (χ2n) is 7.84. The summed E-state index contributed by atoms with van der Waals surface area (Å²) in [5.41, 5.74) is 1.50. The highest BCUT2D eigenvalue weighted by Crippen LogP contribution is 2.27. The average molecular weight is 583 g/mol. The summed E-state index contributed by atoms with van der Waals surface area (Å²) in [6.07, 6.45) is 1.63. The van der Waals surface area contributed by atoms with Crippen LogP contribution in [0.5, 0.6) is 0 Å². The zero-order valence-corrected chi connectivity index (χ0v) is 22.9. The average Bonchev–Trinajstić information content (AvgIpc) is 3.43. The molecule has 3 amide bonds. The van der Waals surface area contributed by atoms with E-state index in [9.17, 15) is 14.4 Å². The molecule has 3 N–H and O–H groups in total. The van der Waals surface area contributed by atoms with Gasteiger partial charge in [0.2, 0.25) is 5.91 Å². The Hall–Kier alpha value is -3.56. The Morgan fingerprint density at radius 1 is 0.868 bits per heavy atom. The first-order valence-corrected chi connectivity index (χ1v) is 13.9. The largest absolute Gasteiger partial charge is 0.324 e. The lowest BCUT2D eigenvalue weighted by atomic mass is 10.2. The van der Waals surface area contributed by atoms with Gasteiger partial charge >= 0.3 is 0 Å². The lowest BCUT2D eigenvalue weighted by molar-refractivity contribution is -0.114. The van der Waals surface area contributed by atoms with Crippen molar-refractivity contribution in [2.24, 2.45) is 0 Å². The number of halogens is 2. The first-order valence-electron chi connectivity index (χ1n) is 11.3. The van der Waals surface area contributed by atoms with E-state index in [2.05, 4.69) is 16.0 Å². The van der Waals surface area contributed by atoms with E-state index >= 15 is 0 Å². The number of amides is 3. The Balaban J connectivity index is 1.41. The Labute approximate surface area is 238 Å². The molecule has 0 spiro atoms. The summed E-state index contributed by atoms with van der Waals surface area (Å²) in [7, 11) is 0. The van der Waals surface area contributed by atoms with E-state index in [-0.39, 0.29) is 17.4 Å². The summed E-state index contributed by atoms with van der Waals surface area (Å²) in [4.78, 5) is 39.9. The molecule has 6 nitrogen and oxygen atoms in total. The molecule has 1 heterocycles. The molecule has 0 aliphatic rings. The molecule has 3 aromatic carbocycles. The molecule has 0 aliphatic carbocycles. The topological polar surface area (TPSA) is 87.3 Å². The van der Waals surface area contributed by atoms with E-state index < -0.39 is 11.8 Å². The van der Waals surface area contributed by atoms with E-state index in [4.69, 9.17) is 23.2 Å². The van der Waals surface area contributed by atoms with Crippen molar-refractivity contribution in [1.82, 2.24) is 5.32 Å². The Morgan fingerprint density at radius 2 is 1.68 bits per heavy atom. The fraction of sp³-hybridized carbons (Fsp3) is 0.0357. The Morgan fingerprint density at radius 3 is 2.45 bits per heavy atom. The van der Waals surface area contributed by atoms with Gasteiger partial charge in [-0.05, 0) is 66.1 Å². The van der Waals surface area contributed by atoms with Crippen LogP contribution in [0.15, 0.2) is 101 Å². The van der Waals surface area contributed by atoms with E-state index in [0.29, 0.717) is 27.0 Å². The van der Waals surface area contributed by atoms with Crippen LogP contribution in [0.25, 0.3) is 6.08 Å². The minimum atomic E-state index is -0.474. The van der Waals surface area contributed by atoms with Crippen LogP contribution in [0, 0.1) is 0 Å². The summed E-state index contributed by atoms with van der Waals surface area (Å²) in [5.74, 6) is -0.994. The van der Waals surface area contributed by atoms with E-state index in [1.54, 1.807) is 66.7 Å². The number of benzene rings is 3. The summed E-state index contributed by atoms with van der Waals surface area (Å²) in [5, 5.41) is 11.0. The molecular weight excluding hydrogens is 561 g/mol. The standard InChI is InChI=1S/C28H21Cl2N3O3S2/c29-19-11-12-23(30)24(14-19)32-26(34)17-38-21-9-4-8-20(15-21)31-28(36)25(16-22-10-5-13-37-22)33-27(35)18-6-2-1-3-7-18/h1-16H,17H2,(H,31,36)(H,32,34)(H,33,35)/b25-16-. The molecule has 4 rings (SSSR count). The minimum Gasteiger partial charge on any atom is -0.324 e. The summed E-state index contributed by atoms with van der Waals surface area (Å²) in [6, 6.07) is 24.3. The molecule has 0 saturated carbocycles. The van der Waals surface area contributed by atoms with Crippen LogP contribution in [0.3, 0.4) is 0 Å². The van der Waals surface area contributed by atoms with Gasteiger partial charge in [0.25, 0.3) is 11.8 Å². The number of hydrogen-bond acceptors (Lipinski definition) is 5. The van der Waals surface area contributed by atoms with Crippen molar-refractivity contribution in [2.75, 3.05) is 16.4 Å². The lowest BCUT2D eigenvalue weighted by Gasteiger charge is -2.12. The molecule has 0 radical (unpaired) electrons. The highest BCUT2D eigenvalue weighted by Gasteiger charge is 2.16. The molecular formula is C28H21Cl2N3O3S2. The Bertz CT molecular complexity index is 1480. The van der Waals surface area contributed by atoms with Crippen molar-refractivity contribution in [1.29, 1.82) is 0 Å². The summed E-state index contributed by atoms with van der Waals surface area (Å²) in [6.45, 7) is 0. The minimum absolute atomic E-state index is 0.108. The first-order chi connectivity index (χ1) is 18.4. The third-order valence-corrected chi connectivity index (χ3v) is 7.40. The molecule has 0 aliphatic heterocycles. The number of rotatable bonds is 9. The van der Waals surface area contributed by atoms with Gasteiger partial charge in [0.05, 0.1) is 16.5 Å². The van der Waals surface area contributed by atoms with Crippen molar-refractivity contribution >= 4 is 81.5 Å². The molecule has 0 atom stereocenters. The maximum atomic E-state index is 13.2. The lowest BCUT2D eigenvalue weighted by Crippen LogP contribution is -2.30. The number of carbonyl (C=O) groups is 3. The molecule has 0 saturated heterocycles. The quantitative estimate of drug-likeness (QED) is 0.144. The molecule has 0 fully saturated rings. The number of thiophene rings is 1. The monoisotopic (exact) mass is 581 g/mol. The van der Waals surface area contributed by atoms with Crippen molar-refractivity contribution in [2.45, 2.75) is 4.90 Å². The van der Waals surface area contributed by atoms with Gasteiger partial charge in [-0.25, -0.2) is 0 Å². The van der Waals surface area contributed by atoms with Gasteiger partial charge in [0.15, 0.2) is 0 Å². The van der Waals surface area contributed by atoms with Gasteiger partial charge in [-0.2, -0.15) is 0 Å². The summed E-state index contributed by atoms with van der Waals surface area (Å²) < 4.78 is 0. The predicted molar refractivity (Wildman–Crippen MR) is 157 cm³/mol. The Kier molecular flexibility index (Phi) is 9.62. The van der Waals surface area contributed by atoms with Gasteiger partial charge in [0, 0.05) is 26.0 Å². The predicted octanol–water partition coefficient (Wildman–Crippen LogP) is 7.20. The van der Waals surface area contributed by atoms with Crippen molar-refractivity contribution < 1.29 is 14.4 Å². The van der Waals surface area contributed by atoms with Crippen molar-refractivity contribution in [3.63, 3.8) is 0 Å². The van der Waals surface area contributed by atoms with Crippen LogP contribution in [0.1, 0.15) is 15.2 Å². The van der Waals surface area contributed by atoms with Crippen LogP contribution in [-0.2, 0) is 9.59 Å². The zero-order chi connectivity index (χ0) is 26.9. The number of hydrogen-bond donors (Lipinski definition) is 3. The number of anilines is 2. The summed E-state index contributed by atoms with van der Waals surface area (Å²) >= 11 is 14.8. The van der Waals surface area contributed by atoms with Crippen LogP contribution < -0.4 is 16.0 Å². The molecule has 1 aromatic heterocycles. The number of thioether (sulfide) groups is 1. The van der Waals surface area contributed by atoms with Crippen molar-refractivity contribution in [3.8, 4) is 0 Å². The molecule has 10 heteroatoms. The van der Waals surface area contributed by atoms with E-state index in [1.165, 1.54) is 23.1 Å². The molecule has 4 aromatic rings. The number of carbonyl (C=O) groups excluding carboxylic acids is 3. The normalized spacial score (nSPS) is 11.1. The zero-order valence-electron chi connectivity index (χ0n) is 19.7. The SMILES string of the molecule is O=C(CSc1cccc(NC(=O)/C(=C/c2cccs2)NC(=O)c2ccccc2)c1)Nc1cc(Cl)ccc1Cl. The maximum Gasteiger partial charge on any atom is 0.272 e. The fourth-order valence-corrected chi connectivity index (χ4v) is 5.00. The second kappa shape index (κ2) is 13.3. The van der Waals surface area contributed by atoms with Gasteiger partial charge in [-0.3, -0.25) is 14.4 Å². The highest BCUT2D eigenvalue weighted by atomic mass is 35.5. The van der Waals surface area contributed by atoms with E-state index in [0.717, 1.165) is 9.77 Å². The molecule has 192 valence electrons. The van der Waals surface area contributed by atoms with Gasteiger partial charge in [0.1, 0.15) is 5.70 Å². The molecule has 0 unspecified atom stereocenters. The van der Waals surface area contributed by atoms with Crippen LogP contribution >= 0.6 is 46.3 Å². The van der Waals surface area contributed by atoms with Gasteiger partial charge in [-0.1, -0.05) is 53.5 Å². The third-order valence-electron chi connectivity index (χ3n) is 5.02. The highest BCUT2D eigenvalue weighted by molar-refractivity contribution is 8.00. The molecule has 0 bridgehead atoms. The second-order valence-corrected chi connectivity index (χ2v) is 10.7. The smallest absolute Gasteiger partial charge is 0.272 e. The molecule has 38 heavy (non-hydrogen) atoms. The van der Waals surface area contributed by atoms with Gasteiger partial charge in [-0.15, -0.1) is 23.1 Å². The first kappa shape index (κ1) is 27.5. The van der Waals surface area contributed by atoms with Crippen molar-refractivity contribution in [3.05, 3.63) is 116 Å². The maximum absolute atomic E-state index is 13.2. The van der Waals surface area contributed by atoms with Gasteiger partial charge < -0.3 is 16.0 Å². The van der Waals surface area contributed by atoms with E-state index in [1.807, 2.05) is 29.6 Å². The fourth-order valence-electron chi connectivity index (χ4n) is 3.25. The van der Waals surface area contributed by atoms with Crippen LogP contribution in [-0.4, -0.2) is 23.5 Å². The van der Waals surface area contributed by atoms with Crippen LogP contribution in [0.4, 0.5) is 11.4 Å². The van der Waals surface area contributed by atoms with Crippen LogP contribution in [0.2, 0.25) is 10.0 Å². The third kappa shape index (κ3) is 7.97.